The van der Waals surface area contributed by atoms with Gasteiger partial charge >= 0.3 is 0 Å². The van der Waals surface area contributed by atoms with E-state index in [0.29, 0.717) is 16.1 Å². The number of hydrogen-bond donors (Lipinski definition) is 3. The molecule has 0 atom stereocenters. The topological polar surface area (TPSA) is 95.5 Å². The molecule has 0 fully saturated rings. The lowest BCUT2D eigenvalue weighted by Crippen LogP contribution is -2.29. The lowest BCUT2D eigenvalue weighted by atomic mass is 10.1. The minimum Gasteiger partial charge on any atom is -0.506 e. The number of hydrogen-bond acceptors (Lipinski definition) is 4. The van der Waals surface area contributed by atoms with Gasteiger partial charge in [0.25, 0.3) is 0 Å². The summed E-state index contributed by atoms with van der Waals surface area (Å²) in [6, 6.07) is 7.88. The first-order valence-electron chi connectivity index (χ1n) is 7.96. The summed E-state index contributed by atoms with van der Waals surface area (Å²) in [7, 11) is -3.72. The number of nitrogens with one attached hydrogen (secondary N) is 2. The lowest BCUT2D eigenvalue weighted by molar-refractivity contribution is -0.116. The maximum absolute atomic E-state index is 12.5. The Morgan fingerprint density at radius 3 is 2.35 bits per heavy atom. The lowest BCUT2D eigenvalue weighted by Gasteiger charge is -2.13. The summed E-state index contributed by atoms with van der Waals surface area (Å²) < 4.78 is 27.5. The first-order chi connectivity index (χ1) is 12.1. The predicted octanol–water partition coefficient (Wildman–Crippen LogP) is 3.28. The van der Waals surface area contributed by atoms with Gasteiger partial charge in [-0.15, -0.1) is 0 Å². The molecular formula is C18H21ClN2O4S. The number of phenolic OH excluding ortho intramolecular Hbond substituents is 1. The van der Waals surface area contributed by atoms with Gasteiger partial charge in [-0.25, -0.2) is 13.1 Å². The number of carbonyl (C=O) groups excluding carboxylic acids is 1. The third kappa shape index (κ3) is 4.97. The molecule has 3 N–H and O–H groups in total. The van der Waals surface area contributed by atoms with Crippen molar-refractivity contribution in [2.75, 3.05) is 11.9 Å². The van der Waals surface area contributed by atoms with E-state index in [9.17, 15) is 18.3 Å². The van der Waals surface area contributed by atoms with Gasteiger partial charge < -0.3 is 10.4 Å². The monoisotopic (exact) mass is 396 g/mol. The van der Waals surface area contributed by atoms with Gasteiger partial charge in [-0.1, -0.05) is 29.3 Å². The van der Waals surface area contributed by atoms with Crippen LogP contribution in [0.3, 0.4) is 0 Å². The molecule has 0 saturated carbocycles. The zero-order valence-corrected chi connectivity index (χ0v) is 16.3. The molecule has 0 aromatic heterocycles. The van der Waals surface area contributed by atoms with Crippen molar-refractivity contribution in [1.29, 1.82) is 0 Å². The van der Waals surface area contributed by atoms with Crippen molar-refractivity contribution in [3.63, 3.8) is 0 Å². The largest absolute Gasteiger partial charge is 0.506 e. The zero-order valence-electron chi connectivity index (χ0n) is 14.8. The van der Waals surface area contributed by atoms with Crippen LogP contribution in [0.5, 0.6) is 5.75 Å². The van der Waals surface area contributed by atoms with Crippen molar-refractivity contribution in [1.82, 2.24) is 4.72 Å². The highest BCUT2D eigenvalue weighted by molar-refractivity contribution is 7.89. The van der Waals surface area contributed by atoms with E-state index >= 15 is 0 Å². The van der Waals surface area contributed by atoms with E-state index in [1.807, 2.05) is 6.92 Å². The van der Waals surface area contributed by atoms with Crippen molar-refractivity contribution in [3.05, 3.63) is 52.0 Å². The number of carbonyl (C=O) groups is 1. The third-order valence-corrected chi connectivity index (χ3v) is 5.75. The van der Waals surface area contributed by atoms with Gasteiger partial charge in [0.05, 0.1) is 10.6 Å². The number of aromatic hydroxyl groups is 1. The minimum absolute atomic E-state index is 0.0672. The molecule has 2 aromatic rings. The number of phenols is 1. The quantitative estimate of drug-likeness (QED) is 0.653. The van der Waals surface area contributed by atoms with Gasteiger partial charge in [0.1, 0.15) is 5.75 Å². The second-order valence-corrected chi connectivity index (χ2v) is 8.23. The van der Waals surface area contributed by atoms with Gasteiger partial charge in [0.2, 0.25) is 15.9 Å². The number of anilines is 1. The first kappa shape index (κ1) is 20.2. The molecule has 26 heavy (non-hydrogen) atoms. The van der Waals surface area contributed by atoms with Crippen LogP contribution < -0.4 is 10.0 Å². The molecule has 1 amide bonds. The molecule has 0 spiro atoms. The fourth-order valence-corrected chi connectivity index (χ4v) is 4.44. The maximum atomic E-state index is 12.5. The summed E-state index contributed by atoms with van der Waals surface area (Å²) in [4.78, 5) is 12.2. The molecule has 0 aliphatic rings. The van der Waals surface area contributed by atoms with Gasteiger partial charge in [-0.2, -0.15) is 0 Å². The minimum atomic E-state index is -3.72. The Balaban J connectivity index is 2.00. The highest BCUT2D eigenvalue weighted by Crippen LogP contribution is 2.26. The van der Waals surface area contributed by atoms with E-state index in [1.54, 1.807) is 26.0 Å². The fourth-order valence-electron chi connectivity index (χ4n) is 2.78. The van der Waals surface area contributed by atoms with Gasteiger partial charge in [0, 0.05) is 18.0 Å². The van der Waals surface area contributed by atoms with E-state index in [0.717, 1.165) is 5.56 Å². The Kier molecular flexibility index (Phi) is 6.28. The van der Waals surface area contributed by atoms with E-state index in [-0.39, 0.29) is 29.3 Å². The number of rotatable bonds is 6. The summed E-state index contributed by atoms with van der Waals surface area (Å²) in [6.45, 7) is 5.31. The Bertz CT molecular complexity index is 919. The molecule has 0 saturated heterocycles. The molecule has 0 radical (unpaired) electrons. The average molecular weight is 397 g/mol. The molecule has 8 heteroatoms. The number of benzene rings is 2. The van der Waals surface area contributed by atoms with E-state index in [1.165, 1.54) is 18.2 Å². The smallest absolute Gasteiger partial charge is 0.241 e. The molecule has 0 unspecified atom stereocenters. The Hall–Kier alpha value is -2.09. The zero-order chi connectivity index (χ0) is 19.5. The summed E-state index contributed by atoms with van der Waals surface area (Å²) >= 11 is 5.82. The molecule has 0 heterocycles. The van der Waals surface area contributed by atoms with Crippen LogP contribution in [0.1, 0.15) is 23.1 Å². The summed E-state index contributed by atoms with van der Waals surface area (Å²) in [5.74, 6) is -0.558. The van der Waals surface area contributed by atoms with E-state index in [4.69, 9.17) is 11.6 Å². The van der Waals surface area contributed by atoms with Crippen molar-refractivity contribution >= 4 is 33.2 Å². The number of sulfonamides is 1. The molecule has 0 aliphatic heterocycles. The summed E-state index contributed by atoms with van der Waals surface area (Å²) in [5, 5.41) is 12.5. The van der Waals surface area contributed by atoms with Crippen LogP contribution in [0.25, 0.3) is 0 Å². The molecule has 2 rings (SSSR count). The van der Waals surface area contributed by atoms with Gasteiger partial charge in [-0.05, 0) is 50.1 Å². The van der Waals surface area contributed by atoms with Crippen LogP contribution in [-0.2, 0) is 14.8 Å². The SMILES string of the molecule is Cc1cc(C)c(S(=O)(=O)NCCC(=O)Nc2cc(Cl)ccc2O)c(C)c1. The third-order valence-electron chi connectivity index (χ3n) is 3.75. The molecule has 0 aliphatic carbocycles. The molecular weight excluding hydrogens is 376 g/mol. The van der Waals surface area contributed by atoms with Crippen molar-refractivity contribution < 1.29 is 18.3 Å². The molecule has 2 aromatic carbocycles. The van der Waals surface area contributed by atoms with Crippen LogP contribution in [-0.4, -0.2) is 26.0 Å². The van der Waals surface area contributed by atoms with Crippen LogP contribution in [0.2, 0.25) is 5.02 Å². The van der Waals surface area contributed by atoms with Crippen LogP contribution in [0.4, 0.5) is 5.69 Å². The average Bonchev–Trinajstić information content (AvgIpc) is 2.49. The predicted molar refractivity (Wildman–Crippen MR) is 102 cm³/mol. The van der Waals surface area contributed by atoms with Crippen molar-refractivity contribution in [2.24, 2.45) is 0 Å². The number of amides is 1. The second-order valence-electron chi connectivity index (χ2n) is 6.09. The summed E-state index contributed by atoms with van der Waals surface area (Å²) in [5.41, 5.74) is 2.47. The number of aryl methyl sites for hydroxylation is 3. The standard InChI is InChI=1S/C18H21ClN2O4S/c1-11-8-12(2)18(13(3)9-11)26(24,25)20-7-6-17(23)21-15-10-14(19)4-5-16(15)22/h4-5,8-10,20,22H,6-7H2,1-3H3,(H,21,23). The van der Waals surface area contributed by atoms with Crippen LogP contribution in [0.15, 0.2) is 35.2 Å². The Labute approximate surface area is 158 Å². The Morgan fingerprint density at radius 1 is 1.12 bits per heavy atom. The maximum Gasteiger partial charge on any atom is 0.241 e. The Morgan fingerprint density at radius 2 is 1.73 bits per heavy atom. The van der Waals surface area contributed by atoms with Crippen molar-refractivity contribution in [2.45, 2.75) is 32.1 Å². The molecule has 0 bridgehead atoms. The number of halogens is 1. The van der Waals surface area contributed by atoms with Crippen LogP contribution in [0, 0.1) is 20.8 Å². The van der Waals surface area contributed by atoms with Crippen LogP contribution >= 0.6 is 11.6 Å². The molecule has 140 valence electrons. The van der Waals surface area contributed by atoms with E-state index < -0.39 is 15.9 Å². The van der Waals surface area contributed by atoms with Gasteiger partial charge in [-0.3, -0.25) is 4.79 Å². The highest BCUT2D eigenvalue weighted by Gasteiger charge is 2.20. The second kappa shape index (κ2) is 8.07. The normalized spacial score (nSPS) is 11.4. The highest BCUT2D eigenvalue weighted by atomic mass is 35.5. The first-order valence-corrected chi connectivity index (χ1v) is 9.82. The van der Waals surface area contributed by atoms with E-state index in [2.05, 4.69) is 10.0 Å². The molecule has 6 nitrogen and oxygen atoms in total. The summed E-state index contributed by atoms with van der Waals surface area (Å²) in [6.07, 6.45) is -0.0882. The fraction of sp³-hybridized carbons (Fsp3) is 0.278. The van der Waals surface area contributed by atoms with Crippen molar-refractivity contribution in [3.8, 4) is 5.75 Å². The van der Waals surface area contributed by atoms with Gasteiger partial charge in [0.15, 0.2) is 0 Å².